The predicted octanol–water partition coefficient (Wildman–Crippen LogP) is 3.07. The molecule has 8 heteroatoms. The average molecular weight is 376 g/mol. The van der Waals surface area contributed by atoms with Gasteiger partial charge >= 0.3 is 0 Å². The SMILES string of the molecule is CSCCc1nc([C@@H]2CCCCn3nnnc32)n(CC2CCCCC2)n1. The van der Waals surface area contributed by atoms with E-state index in [9.17, 15) is 0 Å². The lowest BCUT2D eigenvalue weighted by atomic mass is 9.89. The van der Waals surface area contributed by atoms with Crippen molar-refractivity contribution in [2.75, 3.05) is 12.0 Å². The third-order valence-electron chi connectivity index (χ3n) is 5.73. The molecule has 0 aromatic carbocycles. The zero-order valence-corrected chi connectivity index (χ0v) is 16.5. The van der Waals surface area contributed by atoms with E-state index in [1.54, 1.807) is 0 Å². The fourth-order valence-corrected chi connectivity index (χ4v) is 4.70. The van der Waals surface area contributed by atoms with Crippen LogP contribution in [0.1, 0.15) is 74.8 Å². The maximum Gasteiger partial charge on any atom is 0.161 e. The summed E-state index contributed by atoms with van der Waals surface area (Å²) in [5, 5.41) is 17.4. The number of aromatic nitrogens is 7. The molecule has 0 bridgehead atoms. The predicted molar refractivity (Wildman–Crippen MR) is 102 cm³/mol. The number of nitrogens with zero attached hydrogens (tertiary/aromatic N) is 7. The molecule has 3 heterocycles. The van der Waals surface area contributed by atoms with Gasteiger partial charge in [0.1, 0.15) is 5.82 Å². The lowest BCUT2D eigenvalue weighted by Gasteiger charge is -2.23. The lowest BCUT2D eigenvalue weighted by molar-refractivity contribution is 0.301. The van der Waals surface area contributed by atoms with Crippen LogP contribution in [0.25, 0.3) is 0 Å². The first-order valence-corrected chi connectivity index (χ1v) is 11.4. The molecule has 0 radical (unpaired) electrons. The van der Waals surface area contributed by atoms with Crippen LogP contribution in [-0.2, 0) is 19.5 Å². The zero-order chi connectivity index (χ0) is 17.8. The Hall–Kier alpha value is -1.44. The number of thioether (sulfide) groups is 1. The minimum atomic E-state index is 0.173. The summed E-state index contributed by atoms with van der Waals surface area (Å²) in [5.74, 6) is 5.01. The molecule has 0 spiro atoms. The van der Waals surface area contributed by atoms with E-state index in [2.05, 4.69) is 26.5 Å². The van der Waals surface area contributed by atoms with Gasteiger partial charge < -0.3 is 0 Å². The van der Waals surface area contributed by atoms with E-state index >= 15 is 0 Å². The summed E-state index contributed by atoms with van der Waals surface area (Å²) in [6.07, 6.45) is 13.2. The topological polar surface area (TPSA) is 74.3 Å². The second-order valence-corrected chi connectivity index (χ2v) is 8.61. The van der Waals surface area contributed by atoms with E-state index in [-0.39, 0.29) is 5.92 Å². The van der Waals surface area contributed by atoms with Crippen LogP contribution in [0.15, 0.2) is 0 Å². The minimum Gasteiger partial charge on any atom is -0.249 e. The minimum absolute atomic E-state index is 0.173. The molecule has 26 heavy (non-hydrogen) atoms. The Morgan fingerprint density at radius 2 is 1.88 bits per heavy atom. The van der Waals surface area contributed by atoms with E-state index in [1.807, 2.05) is 16.4 Å². The van der Waals surface area contributed by atoms with Gasteiger partial charge in [-0.2, -0.15) is 16.9 Å². The first kappa shape index (κ1) is 17.9. The summed E-state index contributed by atoms with van der Waals surface area (Å²) in [6.45, 7) is 1.91. The maximum atomic E-state index is 4.99. The molecule has 1 aliphatic heterocycles. The second-order valence-electron chi connectivity index (χ2n) is 7.62. The number of hydrogen-bond acceptors (Lipinski definition) is 6. The molecule has 2 aromatic heterocycles. The Balaban J connectivity index is 1.63. The highest BCUT2D eigenvalue weighted by molar-refractivity contribution is 7.98. The third kappa shape index (κ3) is 3.94. The first-order valence-electron chi connectivity index (χ1n) is 10.0. The van der Waals surface area contributed by atoms with Gasteiger partial charge in [-0.3, -0.25) is 0 Å². The number of tetrazole rings is 1. The van der Waals surface area contributed by atoms with Crippen molar-refractivity contribution in [2.45, 2.75) is 76.8 Å². The van der Waals surface area contributed by atoms with E-state index in [0.29, 0.717) is 0 Å². The van der Waals surface area contributed by atoms with Gasteiger partial charge in [0.2, 0.25) is 0 Å². The van der Waals surface area contributed by atoms with E-state index < -0.39 is 0 Å². The Morgan fingerprint density at radius 3 is 2.73 bits per heavy atom. The van der Waals surface area contributed by atoms with E-state index in [1.165, 1.54) is 38.5 Å². The van der Waals surface area contributed by atoms with Crippen LogP contribution in [0, 0.1) is 5.92 Å². The molecule has 0 amide bonds. The molecule has 2 aromatic rings. The molecule has 0 unspecified atom stereocenters. The van der Waals surface area contributed by atoms with Crippen molar-refractivity contribution >= 4 is 11.8 Å². The Morgan fingerprint density at radius 1 is 1.04 bits per heavy atom. The summed E-state index contributed by atoms with van der Waals surface area (Å²) in [5.41, 5.74) is 0. The molecule has 1 aliphatic carbocycles. The van der Waals surface area contributed by atoms with Gasteiger partial charge in [0, 0.05) is 25.3 Å². The molecular weight excluding hydrogens is 346 g/mol. The number of hydrogen-bond donors (Lipinski definition) is 0. The van der Waals surface area contributed by atoms with Crippen LogP contribution in [0.3, 0.4) is 0 Å². The third-order valence-corrected chi connectivity index (χ3v) is 6.34. The molecule has 142 valence electrons. The molecule has 1 saturated carbocycles. The van der Waals surface area contributed by atoms with Gasteiger partial charge in [-0.15, -0.1) is 5.10 Å². The average Bonchev–Trinajstić information content (AvgIpc) is 3.24. The molecule has 7 nitrogen and oxygen atoms in total. The standard InChI is InChI=1S/C18H29N7S/c1-26-12-10-16-19-17(25(21-16)13-14-7-3-2-4-8-14)15-9-5-6-11-24-18(15)20-22-23-24/h14-15H,2-13H2,1H3/t15-/m0/s1. The van der Waals surface area contributed by atoms with Gasteiger partial charge in [0.15, 0.2) is 11.6 Å². The van der Waals surface area contributed by atoms with Gasteiger partial charge in [-0.25, -0.2) is 14.3 Å². The van der Waals surface area contributed by atoms with Crippen molar-refractivity contribution in [3.05, 3.63) is 17.5 Å². The van der Waals surface area contributed by atoms with Crippen LogP contribution >= 0.6 is 11.8 Å². The van der Waals surface area contributed by atoms with Crippen molar-refractivity contribution in [1.82, 2.24) is 35.0 Å². The van der Waals surface area contributed by atoms with E-state index in [0.717, 1.165) is 61.5 Å². The highest BCUT2D eigenvalue weighted by Crippen LogP contribution is 2.32. The zero-order valence-electron chi connectivity index (χ0n) is 15.7. The molecule has 1 fully saturated rings. The highest BCUT2D eigenvalue weighted by atomic mass is 32.2. The summed E-state index contributed by atoms with van der Waals surface area (Å²) in [7, 11) is 0. The normalized spacial score (nSPS) is 21.5. The van der Waals surface area contributed by atoms with Gasteiger partial charge in [-0.1, -0.05) is 25.7 Å². The summed E-state index contributed by atoms with van der Waals surface area (Å²) in [6, 6.07) is 0. The molecule has 4 rings (SSSR count). The van der Waals surface area contributed by atoms with Crippen LogP contribution in [-0.4, -0.2) is 47.0 Å². The van der Waals surface area contributed by atoms with Crippen molar-refractivity contribution in [3.8, 4) is 0 Å². The van der Waals surface area contributed by atoms with Crippen LogP contribution in [0.4, 0.5) is 0 Å². The van der Waals surface area contributed by atoms with Crippen molar-refractivity contribution in [1.29, 1.82) is 0 Å². The molecule has 0 saturated heterocycles. The fraction of sp³-hybridized carbons (Fsp3) is 0.833. The lowest BCUT2D eigenvalue weighted by Crippen LogP contribution is -2.20. The summed E-state index contributed by atoms with van der Waals surface area (Å²) in [4.78, 5) is 4.99. The second kappa shape index (κ2) is 8.50. The Bertz CT molecular complexity index is 704. The van der Waals surface area contributed by atoms with Gasteiger partial charge in [-0.05, 0) is 48.3 Å². The van der Waals surface area contributed by atoms with Gasteiger partial charge in [0.05, 0.1) is 5.92 Å². The molecule has 2 aliphatic rings. The van der Waals surface area contributed by atoms with Gasteiger partial charge in [0.25, 0.3) is 0 Å². The van der Waals surface area contributed by atoms with Crippen LogP contribution in [0.5, 0.6) is 0 Å². The largest absolute Gasteiger partial charge is 0.249 e. The van der Waals surface area contributed by atoms with Crippen molar-refractivity contribution in [3.63, 3.8) is 0 Å². The number of fused-ring (bicyclic) bond motifs is 1. The molecular formula is C18H29N7S. The monoisotopic (exact) mass is 375 g/mol. The Kier molecular flexibility index (Phi) is 5.87. The van der Waals surface area contributed by atoms with Crippen LogP contribution in [0.2, 0.25) is 0 Å². The summed E-state index contributed by atoms with van der Waals surface area (Å²) >= 11 is 1.85. The molecule has 0 N–H and O–H groups in total. The molecule has 1 atom stereocenters. The Labute approximate surface area is 159 Å². The number of rotatable bonds is 6. The van der Waals surface area contributed by atoms with E-state index in [4.69, 9.17) is 10.1 Å². The smallest absolute Gasteiger partial charge is 0.161 e. The fourth-order valence-electron chi connectivity index (χ4n) is 4.31. The highest BCUT2D eigenvalue weighted by Gasteiger charge is 2.29. The van der Waals surface area contributed by atoms with Crippen molar-refractivity contribution < 1.29 is 0 Å². The van der Waals surface area contributed by atoms with Crippen LogP contribution < -0.4 is 0 Å². The maximum absolute atomic E-state index is 4.99. The first-order chi connectivity index (χ1) is 12.8. The number of aryl methyl sites for hydroxylation is 2. The van der Waals surface area contributed by atoms with Crippen molar-refractivity contribution in [2.24, 2.45) is 5.92 Å². The quantitative estimate of drug-likeness (QED) is 0.772. The summed E-state index contributed by atoms with van der Waals surface area (Å²) < 4.78 is 4.18.